The van der Waals surface area contributed by atoms with E-state index in [0.717, 1.165) is 36.8 Å². The summed E-state index contributed by atoms with van der Waals surface area (Å²) in [5, 5.41) is 101. The lowest BCUT2D eigenvalue weighted by Gasteiger charge is -2.39. The van der Waals surface area contributed by atoms with Crippen LogP contribution in [0.4, 0.5) is 0 Å². The van der Waals surface area contributed by atoms with E-state index in [9.17, 15) is 60.7 Å². The topological polar surface area (TPSA) is 273 Å². The molecular weight excluding hydrogens is 808 g/mol. The normalized spacial score (nSPS) is 26.2. The number of hydrogen-bond acceptors (Lipinski definition) is 14. The van der Waals surface area contributed by atoms with Crippen LogP contribution in [0.25, 0.3) is 22.3 Å². The minimum absolute atomic E-state index is 0.197. The van der Waals surface area contributed by atoms with E-state index in [-0.39, 0.29) is 24.3 Å². The third-order valence-corrected chi connectivity index (χ3v) is 11.1. The van der Waals surface area contributed by atoms with Gasteiger partial charge in [0.05, 0.1) is 26.1 Å². The van der Waals surface area contributed by atoms with Crippen LogP contribution in [-0.2, 0) is 44.7 Å². The van der Waals surface area contributed by atoms with Gasteiger partial charge in [-0.05, 0) is 83.3 Å². The van der Waals surface area contributed by atoms with Crippen LogP contribution in [0.15, 0.2) is 84.9 Å². The highest BCUT2D eigenvalue weighted by molar-refractivity contribution is 5.76. The lowest BCUT2D eigenvalue weighted by molar-refractivity contribution is -0.277. The zero-order chi connectivity index (χ0) is 44.5. The summed E-state index contributed by atoms with van der Waals surface area (Å²) < 4.78 is 23.3. The van der Waals surface area contributed by atoms with Crippen LogP contribution in [-0.4, -0.2) is 138 Å². The number of hydrogen-bond donors (Lipinski definition) is 10. The highest BCUT2D eigenvalue weighted by Gasteiger charge is 2.46. The predicted molar refractivity (Wildman–Crippen MR) is 221 cm³/mol. The van der Waals surface area contributed by atoms with E-state index in [1.807, 2.05) is 24.3 Å². The van der Waals surface area contributed by atoms with Crippen LogP contribution in [0.5, 0.6) is 11.5 Å². The lowest BCUT2D eigenvalue weighted by Crippen LogP contribution is -2.60. The van der Waals surface area contributed by atoms with E-state index < -0.39 is 86.6 Å². The molecule has 62 heavy (non-hydrogen) atoms. The first-order chi connectivity index (χ1) is 29.8. The second kappa shape index (κ2) is 21.4. The Kier molecular flexibility index (Phi) is 16.1. The SMILES string of the molecule is O=C(O)Cc1cccc(-c2cc(CCCCCCc3ccc(O[C@H]4O[C@@H](CO)[C@H](O)[C@@H](O)[C@H]4O)c(-c4cccc(CC(=O)O)c4)c3)ccc2O[C@@H]2O[C@H](CO)[C@@H](O)[C@H](O)[C@@H]2O)c1. The molecule has 0 radical (unpaired) electrons. The van der Waals surface area contributed by atoms with Gasteiger partial charge in [-0.25, -0.2) is 0 Å². The summed E-state index contributed by atoms with van der Waals surface area (Å²) in [4.78, 5) is 23.0. The van der Waals surface area contributed by atoms with Gasteiger partial charge in [0.2, 0.25) is 12.6 Å². The van der Waals surface area contributed by atoms with Crippen LogP contribution in [0, 0.1) is 0 Å². The van der Waals surface area contributed by atoms with Crippen LogP contribution >= 0.6 is 0 Å². The highest BCUT2D eigenvalue weighted by atomic mass is 16.7. The number of carbonyl (C=O) groups is 2. The Balaban J connectivity index is 1.13. The molecule has 4 aromatic rings. The minimum atomic E-state index is -1.63. The highest BCUT2D eigenvalue weighted by Crippen LogP contribution is 2.37. The Morgan fingerprint density at radius 1 is 0.484 bits per heavy atom. The van der Waals surface area contributed by atoms with Crippen molar-refractivity contribution in [1.82, 2.24) is 0 Å². The van der Waals surface area contributed by atoms with Crippen LogP contribution in [0.2, 0.25) is 0 Å². The number of benzene rings is 4. The second-order valence-corrected chi connectivity index (χ2v) is 15.7. The summed E-state index contributed by atoms with van der Waals surface area (Å²) in [6, 6.07) is 24.9. The fourth-order valence-electron chi connectivity index (χ4n) is 7.76. The molecule has 10 atom stereocenters. The maximum Gasteiger partial charge on any atom is 0.307 e. The molecule has 0 amide bonds. The fourth-order valence-corrected chi connectivity index (χ4v) is 7.76. The monoisotopic (exact) mass is 862 g/mol. The number of unbranched alkanes of at least 4 members (excludes halogenated alkanes) is 3. The maximum absolute atomic E-state index is 11.5. The summed E-state index contributed by atoms with van der Waals surface area (Å²) in [5.74, 6) is -1.42. The number of rotatable bonds is 19. The van der Waals surface area contributed by atoms with Crippen molar-refractivity contribution in [3.05, 3.63) is 107 Å². The Labute approximate surface area is 357 Å². The van der Waals surface area contributed by atoms with E-state index in [4.69, 9.17) is 18.9 Å². The third kappa shape index (κ3) is 11.5. The number of ether oxygens (including phenoxy) is 4. The smallest absolute Gasteiger partial charge is 0.307 e. The molecule has 0 aromatic heterocycles. The molecule has 10 N–H and O–H groups in total. The van der Waals surface area contributed by atoms with Crippen molar-refractivity contribution in [2.45, 2.75) is 113 Å². The van der Waals surface area contributed by atoms with E-state index >= 15 is 0 Å². The largest absolute Gasteiger partial charge is 0.481 e. The van der Waals surface area contributed by atoms with Crippen molar-refractivity contribution in [2.75, 3.05) is 13.2 Å². The molecule has 2 heterocycles. The van der Waals surface area contributed by atoms with Gasteiger partial charge in [0.15, 0.2) is 0 Å². The molecule has 2 fully saturated rings. The summed E-state index contributed by atoms with van der Waals surface area (Å²) in [6.07, 6.45) is -10.3. The average Bonchev–Trinajstić information content (AvgIpc) is 3.25. The molecular formula is C46H54O16. The predicted octanol–water partition coefficient (Wildman–Crippen LogP) is 1.98. The quantitative estimate of drug-likeness (QED) is 0.0604. The van der Waals surface area contributed by atoms with Crippen molar-refractivity contribution in [2.24, 2.45) is 0 Å². The summed E-state index contributed by atoms with van der Waals surface area (Å²) in [7, 11) is 0. The number of carboxylic acids is 2. The Morgan fingerprint density at radius 3 is 1.26 bits per heavy atom. The third-order valence-electron chi connectivity index (χ3n) is 11.1. The first kappa shape index (κ1) is 46.5. The standard InChI is InChI=1S/C46H54O16/c47-23-35-39(53)41(55)43(57)45(61-35)59-33-15-13-25(19-31(33)29-11-5-9-27(17-29)21-37(49)50)7-3-1-2-4-8-26-14-16-34(60-46-44(58)42(56)40(54)36(24-48)62-46)32(20-26)30-12-6-10-28(18-30)22-38(51)52/h5-6,9-20,35-36,39-48,53-58H,1-4,7-8,21-24H2,(H,49,50)(H,51,52)/t35-,36+,39-,40+,41+,42-,43+,44-,45-,46+. The molecule has 0 saturated carbocycles. The van der Waals surface area contributed by atoms with E-state index in [1.54, 1.807) is 60.7 Å². The first-order valence-electron chi connectivity index (χ1n) is 20.6. The number of aliphatic hydroxyl groups excluding tert-OH is 8. The molecule has 4 aromatic carbocycles. The van der Waals surface area contributed by atoms with E-state index in [2.05, 4.69) is 0 Å². The molecule has 334 valence electrons. The lowest BCUT2D eigenvalue weighted by atomic mass is 9.95. The van der Waals surface area contributed by atoms with E-state index in [1.165, 1.54) is 0 Å². The zero-order valence-electron chi connectivity index (χ0n) is 33.8. The van der Waals surface area contributed by atoms with Crippen molar-refractivity contribution < 1.29 is 79.6 Å². The van der Waals surface area contributed by atoms with Gasteiger partial charge in [-0.1, -0.05) is 73.5 Å². The minimum Gasteiger partial charge on any atom is -0.481 e. The average molecular weight is 863 g/mol. The Bertz CT molecular complexity index is 1970. The maximum atomic E-state index is 11.5. The molecule has 0 bridgehead atoms. The molecule has 2 aliphatic heterocycles. The second-order valence-electron chi connectivity index (χ2n) is 15.7. The van der Waals surface area contributed by atoms with Crippen LogP contribution in [0.3, 0.4) is 0 Å². The summed E-state index contributed by atoms with van der Waals surface area (Å²) in [5.41, 5.74) is 5.56. The van der Waals surface area contributed by atoms with Crippen LogP contribution < -0.4 is 9.47 Å². The molecule has 2 aliphatic rings. The Morgan fingerprint density at radius 2 is 0.887 bits per heavy atom. The number of aryl methyl sites for hydroxylation is 2. The summed E-state index contributed by atoms with van der Waals surface area (Å²) >= 11 is 0. The first-order valence-corrected chi connectivity index (χ1v) is 20.6. The molecule has 2 saturated heterocycles. The van der Waals surface area contributed by atoms with Gasteiger partial charge >= 0.3 is 11.9 Å². The van der Waals surface area contributed by atoms with Gasteiger partial charge in [0, 0.05) is 11.1 Å². The van der Waals surface area contributed by atoms with Crippen molar-refractivity contribution in [1.29, 1.82) is 0 Å². The number of aliphatic carboxylic acids is 2. The van der Waals surface area contributed by atoms with E-state index in [0.29, 0.717) is 46.2 Å². The molecule has 0 spiro atoms. The van der Waals surface area contributed by atoms with Gasteiger partial charge in [-0.15, -0.1) is 0 Å². The fraction of sp³-hybridized carbons (Fsp3) is 0.435. The summed E-state index contributed by atoms with van der Waals surface area (Å²) in [6.45, 7) is -1.23. The van der Waals surface area contributed by atoms with Gasteiger partial charge in [0.1, 0.15) is 60.3 Å². The molecule has 6 rings (SSSR count). The Hall–Kier alpha value is -4.98. The molecule has 16 heteroatoms. The van der Waals surface area contributed by atoms with Crippen molar-refractivity contribution >= 4 is 11.9 Å². The molecule has 0 unspecified atom stereocenters. The van der Waals surface area contributed by atoms with Gasteiger partial charge in [-0.3, -0.25) is 9.59 Å². The van der Waals surface area contributed by atoms with Gasteiger partial charge < -0.3 is 70.0 Å². The molecule has 16 nitrogen and oxygen atoms in total. The number of aliphatic hydroxyl groups is 8. The zero-order valence-corrected chi connectivity index (χ0v) is 33.8. The van der Waals surface area contributed by atoms with Gasteiger partial charge in [-0.2, -0.15) is 0 Å². The number of carboxylic acid groups (broad SMARTS) is 2. The van der Waals surface area contributed by atoms with Crippen molar-refractivity contribution in [3.8, 4) is 33.8 Å². The van der Waals surface area contributed by atoms with Crippen LogP contribution in [0.1, 0.15) is 47.9 Å². The van der Waals surface area contributed by atoms with Gasteiger partial charge in [0.25, 0.3) is 0 Å². The van der Waals surface area contributed by atoms with Crippen molar-refractivity contribution in [3.63, 3.8) is 0 Å². The molecule has 0 aliphatic carbocycles.